The van der Waals surface area contributed by atoms with Crippen LogP contribution in [-0.2, 0) is 11.3 Å². The smallest absolute Gasteiger partial charge is 0.0888 e. The number of anilines is 1. The highest BCUT2D eigenvalue weighted by atomic mass is 16.5. The fraction of sp³-hybridized carbons (Fsp3) is 0.643. The van der Waals surface area contributed by atoms with Gasteiger partial charge in [0.2, 0.25) is 0 Å². The van der Waals surface area contributed by atoms with Gasteiger partial charge in [-0.05, 0) is 18.6 Å². The Balaban J connectivity index is 2.03. The topological polar surface area (TPSA) is 60.2 Å². The van der Waals surface area contributed by atoms with Crippen molar-refractivity contribution in [3.63, 3.8) is 0 Å². The Morgan fingerprint density at radius 2 is 2.00 bits per heavy atom. The van der Waals surface area contributed by atoms with Crippen molar-refractivity contribution in [3.05, 3.63) is 24.0 Å². The van der Waals surface area contributed by atoms with E-state index < -0.39 is 0 Å². The number of nitrogen functional groups attached to an aromatic ring is 1. The highest BCUT2D eigenvalue weighted by Crippen LogP contribution is 2.08. The van der Waals surface area contributed by atoms with Gasteiger partial charge in [-0.3, -0.25) is 10.8 Å². The van der Waals surface area contributed by atoms with Crippen molar-refractivity contribution in [2.75, 3.05) is 12.0 Å². The Morgan fingerprint density at radius 1 is 1.22 bits per heavy atom. The van der Waals surface area contributed by atoms with Crippen LogP contribution in [0.5, 0.6) is 0 Å². The van der Waals surface area contributed by atoms with Gasteiger partial charge in [-0.2, -0.15) is 0 Å². The average molecular weight is 251 g/mol. The highest BCUT2D eigenvalue weighted by molar-refractivity contribution is 5.41. The number of aromatic nitrogens is 1. The molecule has 4 heteroatoms. The van der Waals surface area contributed by atoms with Gasteiger partial charge in [0, 0.05) is 12.8 Å². The molecule has 1 heterocycles. The number of nitrogens with one attached hydrogen (secondary N) is 1. The summed E-state index contributed by atoms with van der Waals surface area (Å²) >= 11 is 0. The maximum Gasteiger partial charge on any atom is 0.0888 e. The number of pyridine rings is 1. The lowest BCUT2D eigenvalue weighted by Gasteiger charge is -2.05. The Hall–Kier alpha value is -1.13. The van der Waals surface area contributed by atoms with Gasteiger partial charge >= 0.3 is 0 Å². The molecular formula is C14H25N3O. The Labute approximate surface area is 110 Å². The van der Waals surface area contributed by atoms with Crippen LogP contribution in [0, 0.1) is 0 Å². The van der Waals surface area contributed by atoms with Gasteiger partial charge in [0.25, 0.3) is 0 Å². The molecule has 0 spiro atoms. The van der Waals surface area contributed by atoms with E-state index >= 15 is 0 Å². The molecule has 0 aromatic carbocycles. The number of hydrazine groups is 1. The first-order chi connectivity index (χ1) is 8.86. The monoisotopic (exact) mass is 251 g/mol. The van der Waals surface area contributed by atoms with Crippen LogP contribution in [0.25, 0.3) is 0 Å². The summed E-state index contributed by atoms with van der Waals surface area (Å²) < 4.78 is 5.59. The summed E-state index contributed by atoms with van der Waals surface area (Å²) in [6.45, 7) is 3.61. The van der Waals surface area contributed by atoms with E-state index in [9.17, 15) is 0 Å². The van der Waals surface area contributed by atoms with Crippen LogP contribution in [0.2, 0.25) is 0 Å². The quantitative estimate of drug-likeness (QED) is 0.381. The molecule has 3 N–H and O–H groups in total. The number of ether oxygens (including phenoxy) is 1. The lowest BCUT2D eigenvalue weighted by atomic mass is 10.1. The van der Waals surface area contributed by atoms with E-state index in [1.807, 2.05) is 12.1 Å². The molecule has 0 aliphatic carbocycles. The summed E-state index contributed by atoms with van der Waals surface area (Å²) in [7, 11) is 0. The Bertz CT molecular complexity index is 318. The number of hydrogen-bond acceptors (Lipinski definition) is 4. The third kappa shape index (κ3) is 6.57. The zero-order valence-electron chi connectivity index (χ0n) is 11.3. The number of nitrogens with zero attached hydrogens (tertiary/aromatic N) is 1. The van der Waals surface area contributed by atoms with E-state index in [0.29, 0.717) is 6.61 Å². The molecule has 0 saturated carbocycles. The van der Waals surface area contributed by atoms with Crippen molar-refractivity contribution in [2.24, 2.45) is 5.84 Å². The van der Waals surface area contributed by atoms with Gasteiger partial charge in [0.05, 0.1) is 18.0 Å². The molecule has 0 saturated heterocycles. The minimum Gasteiger partial charge on any atom is -0.375 e. The SMILES string of the molecule is CCCCCCCCOCc1cc(NN)ccn1. The van der Waals surface area contributed by atoms with E-state index in [1.54, 1.807) is 6.20 Å². The van der Waals surface area contributed by atoms with Crippen LogP contribution in [0.3, 0.4) is 0 Å². The molecule has 102 valence electrons. The molecule has 0 radical (unpaired) electrons. The minimum atomic E-state index is 0.560. The Morgan fingerprint density at radius 3 is 2.78 bits per heavy atom. The van der Waals surface area contributed by atoms with E-state index in [-0.39, 0.29) is 0 Å². The normalized spacial score (nSPS) is 10.6. The highest BCUT2D eigenvalue weighted by Gasteiger charge is 1.97. The van der Waals surface area contributed by atoms with Crippen molar-refractivity contribution in [1.82, 2.24) is 4.98 Å². The number of nitrogens with two attached hydrogens (primary N) is 1. The molecule has 0 amide bonds. The molecule has 0 atom stereocenters. The van der Waals surface area contributed by atoms with Crippen LogP contribution >= 0.6 is 0 Å². The molecule has 0 bridgehead atoms. The van der Waals surface area contributed by atoms with Crippen LogP contribution in [0.1, 0.15) is 51.1 Å². The van der Waals surface area contributed by atoms with Gasteiger partial charge in [-0.25, -0.2) is 0 Å². The predicted octanol–water partition coefficient (Wildman–Crippen LogP) is 3.24. The Kier molecular flexibility index (Phi) is 8.17. The molecule has 1 aromatic heterocycles. The molecule has 0 fully saturated rings. The first kappa shape index (κ1) is 14.9. The minimum absolute atomic E-state index is 0.560. The standard InChI is InChI=1S/C14H25N3O/c1-2-3-4-5-6-7-10-18-12-14-11-13(17-15)8-9-16-14/h8-9,11H,2-7,10,12,15H2,1H3,(H,16,17). The van der Waals surface area contributed by atoms with E-state index in [0.717, 1.165) is 24.4 Å². The predicted molar refractivity (Wildman–Crippen MR) is 75.1 cm³/mol. The van der Waals surface area contributed by atoms with Crippen LogP contribution < -0.4 is 11.3 Å². The second-order valence-electron chi connectivity index (χ2n) is 4.50. The lowest BCUT2D eigenvalue weighted by molar-refractivity contribution is 0.114. The first-order valence-corrected chi connectivity index (χ1v) is 6.86. The first-order valence-electron chi connectivity index (χ1n) is 6.86. The van der Waals surface area contributed by atoms with Crippen molar-refractivity contribution < 1.29 is 4.74 Å². The second-order valence-corrected chi connectivity index (χ2v) is 4.50. The zero-order valence-corrected chi connectivity index (χ0v) is 11.3. The van der Waals surface area contributed by atoms with Crippen LogP contribution in [-0.4, -0.2) is 11.6 Å². The summed E-state index contributed by atoms with van der Waals surface area (Å²) in [5.41, 5.74) is 4.38. The average Bonchev–Trinajstić information content (AvgIpc) is 2.42. The number of rotatable bonds is 10. The maximum atomic E-state index is 5.59. The van der Waals surface area contributed by atoms with Crippen molar-refractivity contribution in [3.8, 4) is 0 Å². The van der Waals surface area contributed by atoms with E-state index in [1.165, 1.54) is 32.1 Å². The third-order valence-electron chi connectivity index (χ3n) is 2.88. The molecule has 0 aliphatic heterocycles. The largest absolute Gasteiger partial charge is 0.375 e. The molecule has 0 unspecified atom stereocenters. The fourth-order valence-electron chi connectivity index (χ4n) is 1.81. The van der Waals surface area contributed by atoms with Crippen molar-refractivity contribution >= 4 is 5.69 Å². The van der Waals surface area contributed by atoms with E-state index in [2.05, 4.69) is 17.3 Å². The molecule has 4 nitrogen and oxygen atoms in total. The van der Waals surface area contributed by atoms with Crippen LogP contribution in [0.4, 0.5) is 5.69 Å². The third-order valence-corrected chi connectivity index (χ3v) is 2.88. The summed E-state index contributed by atoms with van der Waals surface area (Å²) in [6.07, 6.45) is 9.46. The van der Waals surface area contributed by atoms with Gasteiger partial charge in [-0.1, -0.05) is 39.0 Å². The molecular weight excluding hydrogens is 226 g/mol. The maximum absolute atomic E-state index is 5.59. The van der Waals surface area contributed by atoms with Crippen LogP contribution in [0.15, 0.2) is 18.3 Å². The summed E-state index contributed by atoms with van der Waals surface area (Å²) in [6, 6.07) is 3.73. The number of unbranched alkanes of at least 4 members (excludes halogenated alkanes) is 5. The van der Waals surface area contributed by atoms with Crippen molar-refractivity contribution in [2.45, 2.75) is 52.1 Å². The molecule has 1 aromatic rings. The second kappa shape index (κ2) is 9.85. The number of hydrogen-bond donors (Lipinski definition) is 2. The molecule has 0 aliphatic rings. The van der Waals surface area contributed by atoms with Gasteiger partial charge < -0.3 is 10.2 Å². The fourth-order valence-corrected chi connectivity index (χ4v) is 1.81. The van der Waals surface area contributed by atoms with Gasteiger partial charge in [0.15, 0.2) is 0 Å². The summed E-state index contributed by atoms with van der Waals surface area (Å²) in [5.74, 6) is 5.33. The summed E-state index contributed by atoms with van der Waals surface area (Å²) in [5, 5.41) is 0. The van der Waals surface area contributed by atoms with Crippen molar-refractivity contribution in [1.29, 1.82) is 0 Å². The van der Waals surface area contributed by atoms with Gasteiger partial charge in [0.1, 0.15) is 0 Å². The summed E-state index contributed by atoms with van der Waals surface area (Å²) in [4.78, 5) is 4.23. The molecule has 1 rings (SSSR count). The van der Waals surface area contributed by atoms with E-state index in [4.69, 9.17) is 10.6 Å². The van der Waals surface area contributed by atoms with Gasteiger partial charge in [-0.15, -0.1) is 0 Å². The zero-order chi connectivity index (χ0) is 13.1. The lowest BCUT2D eigenvalue weighted by Crippen LogP contribution is -2.07. The molecule has 18 heavy (non-hydrogen) atoms.